The average Bonchev–Trinajstić information content (AvgIpc) is 3.18. The minimum atomic E-state index is -0.412. The van der Waals surface area contributed by atoms with Crippen LogP contribution in [-0.4, -0.2) is 32.9 Å². The van der Waals surface area contributed by atoms with Crippen LogP contribution in [0.25, 0.3) is 6.08 Å². The van der Waals surface area contributed by atoms with E-state index in [1.165, 1.54) is 13.2 Å². The van der Waals surface area contributed by atoms with Crippen LogP contribution in [0.4, 0.5) is 0 Å². The molecule has 0 spiro atoms. The lowest BCUT2D eigenvalue weighted by atomic mass is 10.0. The van der Waals surface area contributed by atoms with Gasteiger partial charge in [0.2, 0.25) is 18.3 Å². The van der Waals surface area contributed by atoms with Crippen LogP contribution in [0.3, 0.4) is 0 Å². The lowest BCUT2D eigenvalue weighted by molar-refractivity contribution is 0.103. The highest BCUT2D eigenvalue weighted by Crippen LogP contribution is 2.41. The molecule has 2 aromatic rings. The highest BCUT2D eigenvalue weighted by molar-refractivity contribution is 6.14. The standard InChI is InChI=1S/C20H15NO6/c1-23-17-7-12(8-18-20(17)25-5-4-24-18)6-14(10-21)19(22)13-2-3-15-16(9-13)27-11-26-15/h2-3,6-9H,4-5,11H2,1H3. The summed E-state index contributed by atoms with van der Waals surface area (Å²) in [5.74, 6) is 2.15. The number of benzene rings is 2. The number of hydrogen-bond donors (Lipinski definition) is 0. The van der Waals surface area contributed by atoms with E-state index >= 15 is 0 Å². The Morgan fingerprint density at radius 3 is 2.70 bits per heavy atom. The molecular weight excluding hydrogens is 350 g/mol. The number of carbonyl (C=O) groups excluding carboxylic acids is 1. The highest BCUT2D eigenvalue weighted by atomic mass is 16.7. The van der Waals surface area contributed by atoms with Crippen LogP contribution in [0, 0.1) is 11.3 Å². The van der Waals surface area contributed by atoms with Gasteiger partial charge in [-0.1, -0.05) is 0 Å². The van der Waals surface area contributed by atoms with Crippen LogP contribution in [0.15, 0.2) is 35.9 Å². The van der Waals surface area contributed by atoms with Crippen molar-refractivity contribution in [2.75, 3.05) is 27.1 Å². The second-order valence-corrected chi connectivity index (χ2v) is 5.81. The molecule has 0 unspecified atom stereocenters. The minimum Gasteiger partial charge on any atom is -0.493 e. The third-order valence-electron chi connectivity index (χ3n) is 4.16. The van der Waals surface area contributed by atoms with Gasteiger partial charge in [-0.15, -0.1) is 0 Å². The zero-order valence-electron chi connectivity index (χ0n) is 14.5. The Kier molecular flexibility index (Phi) is 4.30. The second kappa shape index (κ2) is 6.92. The van der Waals surface area contributed by atoms with Crippen molar-refractivity contribution < 1.29 is 28.5 Å². The molecule has 27 heavy (non-hydrogen) atoms. The van der Waals surface area contributed by atoms with Crippen molar-refractivity contribution in [3.63, 3.8) is 0 Å². The molecule has 0 fully saturated rings. The number of hydrogen-bond acceptors (Lipinski definition) is 7. The Labute approximate surface area is 155 Å². The third-order valence-corrected chi connectivity index (χ3v) is 4.16. The summed E-state index contributed by atoms with van der Waals surface area (Å²) in [6.07, 6.45) is 1.49. The number of methoxy groups -OCH3 is 1. The highest BCUT2D eigenvalue weighted by Gasteiger charge is 2.21. The normalized spacial score (nSPS) is 14.4. The van der Waals surface area contributed by atoms with E-state index in [1.54, 1.807) is 30.3 Å². The maximum atomic E-state index is 12.7. The fourth-order valence-electron chi connectivity index (χ4n) is 2.89. The molecule has 0 atom stereocenters. The first-order chi connectivity index (χ1) is 13.2. The zero-order valence-corrected chi connectivity index (χ0v) is 14.5. The largest absolute Gasteiger partial charge is 0.493 e. The van der Waals surface area contributed by atoms with E-state index in [2.05, 4.69) is 0 Å². The minimum absolute atomic E-state index is 0.0207. The van der Waals surface area contributed by atoms with E-state index < -0.39 is 5.78 Å². The van der Waals surface area contributed by atoms with Crippen LogP contribution in [0.1, 0.15) is 15.9 Å². The molecule has 2 aliphatic rings. The number of fused-ring (bicyclic) bond motifs is 2. The summed E-state index contributed by atoms with van der Waals surface area (Å²) >= 11 is 0. The molecule has 0 aromatic heterocycles. The van der Waals surface area contributed by atoms with Crippen molar-refractivity contribution in [3.05, 3.63) is 47.0 Å². The molecule has 0 bridgehead atoms. The number of nitrogens with zero attached hydrogens (tertiary/aromatic N) is 1. The Hall–Kier alpha value is -3.66. The number of Topliss-reactive ketones (excluding diaryl/α,β-unsaturated/α-hetero) is 1. The average molecular weight is 365 g/mol. The van der Waals surface area contributed by atoms with Gasteiger partial charge < -0.3 is 23.7 Å². The van der Waals surface area contributed by atoms with E-state index in [-0.39, 0.29) is 12.4 Å². The summed E-state index contributed by atoms with van der Waals surface area (Å²) in [6.45, 7) is 0.972. The first kappa shape index (κ1) is 16.8. The molecule has 2 aromatic carbocycles. The summed E-state index contributed by atoms with van der Waals surface area (Å²) in [5.41, 5.74) is 0.922. The Balaban J connectivity index is 1.69. The molecular formula is C20H15NO6. The number of ether oxygens (including phenoxy) is 5. The van der Waals surface area contributed by atoms with Crippen molar-refractivity contribution in [3.8, 4) is 34.8 Å². The van der Waals surface area contributed by atoms with Gasteiger partial charge in [0.1, 0.15) is 24.9 Å². The number of nitriles is 1. The van der Waals surface area contributed by atoms with Crippen molar-refractivity contribution >= 4 is 11.9 Å². The molecule has 0 radical (unpaired) electrons. The van der Waals surface area contributed by atoms with E-state index in [0.717, 1.165) is 0 Å². The summed E-state index contributed by atoms with van der Waals surface area (Å²) in [6, 6.07) is 10.2. The van der Waals surface area contributed by atoms with E-state index in [9.17, 15) is 10.1 Å². The molecule has 0 aliphatic carbocycles. The van der Waals surface area contributed by atoms with Gasteiger partial charge in [-0.2, -0.15) is 5.26 Å². The lowest BCUT2D eigenvalue weighted by Gasteiger charge is -2.21. The first-order valence-corrected chi connectivity index (χ1v) is 8.23. The monoisotopic (exact) mass is 365 g/mol. The topological polar surface area (TPSA) is 87.0 Å². The summed E-state index contributed by atoms with van der Waals surface area (Å²) in [4.78, 5) is 12.7. The van der Waals surface area contributed by atoms with Gasteiger partial charge in [0, 0.05) is 5.56 Å². The lowest BCUT2D eigenvalue weighted by Crippen LogP contribution is -2.16. The quantitative estimate of drug-likeness (QED) is 0.468. The van der Waals surface area contributed by atoms with Gasteiger partial charge in [0.25, 0.3) is 0 Å². The van der Waals surface area contributed by atoms with Gasteiger partial charge in [0.05, 0.1) is 7.11 Å². The molecule has 136 valence electrons. The van der Waals surface area contributed by atoms with Crippen molar-refractivity contribution in [1.82, 2.24) is 0 Å². The number of carbonyl (C=O) groups is 1. The van der Waals surface area contributed by atoms with Gasteiger partial charge >= 0.3 is 0 Å². The summed E-state index contributed by atoms with van der Waals surface area (Å²) in [5, 5.41) is 9.50. The third kappa shape index (κ3) is 3.13. The van der Waals surface area contributed by atoms with E-state index in [4.69, 9.17) is 23.7 Å². The SMILES string of the molecule is COc1cc(C=C(C#N)C(=O)c2ccc3c(c2)OCO3)cc2c1OCCO2. The molecule has 7 nitrogen and oxygen atoms in total. The predicted octanol–water partition coefficient (Wildman–Crippen LogP) is 2.98. The smallest absolute Gasteiger partial charge is 0.231 e. The number of ketones is 1. The summed E-state index contributed by atoms with van der Waals surface area (Å²) < 4.78 is 27.0. The van der Waals surface area contributed by atoms with Crippen LogP contribution in [0.2, 0.25) is 0 Å². The second-order valence-electron chi connectivity index (χ2n) is 5.81. The fourth-order valence-corrected chi connectivity index (χ4v) is 2.89. The molecule has 0 N–H and O–H groups in total. The van der Waals surface area contributed by atoms with Crippen molar-refractivity contribution in [2.24, 2.45) is 0 Å². The Bertz CT molecular complexity index is 971. The van der Waals surface area contributed by atoms with Crippen LogP contribution in [0.5, 0.6) is 28.7 Å². The van der Waals surface area contributed by atoms with Gasteiger partial charge in [-0.3, -0.25) is 4.79 Å². The molecule has 7 heteroatoms. The van der Waals surface area contributed by atoms with Crippen molar-refractivity contribution in [2.45, 2.75) is 0 Å². The maximum absolute atomic E-state index is 12.7. The number of rotatable bonds is 4. The molecule has 4 rings (SSSR count). The molecule has 2 heterocycles. The van der Waals surface area contributed by atoms with Crippen LogP contribution < -0.4 is 23.7 Å². The number of allylic oxidation sites excluding steroid dienone is 1. The zero-order chi connectivity index (χ0) is 18.8. The molecule has 0 saturated heterocycles. The molecule has 0 amide bonds. The van der Waals surface area contributed by atoms with E-state index in [0.29, 0.717) is 53.1 Å². The molecule has 2 aliphatic heterocycles. The summed E-state index contributed by atoms with van der Waals surface area (Å²) in [7, 11) is 1.52. The van der Waals surface area contributed by atoms with Gasteiger partial charge in [-0.25, -0.2) is 0 Å². The fraction of sp³-hybridized carbons (Fsp3) is 0.200. The van der Waals surface area contributed by atoms with Gasteiger partial charge in [-0.05, 0) is 42.0 Å². The van der Waals surface area contributed by atoms with E-state index in [1.807, 2.05) is 6.07 Å². The van der Waals surface area contributed by atoms with Gasteiger partial charge in [0.15, 0.2) is 23.0 Å². The van der Waals surface area contributed by atoms with Crippen molar-refractivity contribution in [1.29, 1.82) is 5.26 Å². The Morgan fingerprint density at radius 1 is 1.07 bits per heavy atom. The van der Waals surface area contributed by atoms with Crippen LogP contribution >= 0.6 is 0 Å². The predicted molar refractivity (Wildman–Crippen MR) is 94.5 cm³/mol. The Morgan fingerprint density at radius 2 is 1.89 bits per heavy atom. The van der Waals surface area contributed by atoms with Crippen LogP contribution in [-0.2, 0) is 0 Å². The first-order valence-electron chi connectivity index (χ1n) is 8.23. The molecule has 0 saturated carbocycles. The maximum Gasteiger partial charge on any atom is 0.231 e.